The van der Waals surface area contributed by atoms with Crippen molar-refractivity contribution in [2.75, 3.05) is 26.8 Å². The molecule has 1 aliphatic carbocycles. The molecule has 19 heavy (non-hydrogen) atoms. The van der Waals surface area contributed by atoms with E-state index in [1.165, 1.54) is 32.2 Å². The Kier molecular flexibility index (Phi) is 4.91. The quantitative estimate of drug-likeness (QED) is 0.854. The molecule has 3 heteroatoms. The zero-order valence-corrected chi connectivity index (χ0v) is 13.2. The highest BCUT2D eigenvalue weighted by Crippen LogP contribution is 2.44. The lowest BCUT2D eigenvalue weighted by molar-refractivity contribution is 0.000500. The van der Waals surface area contributed by atoms with Gasteiger partial charge in [0.2, 0.25) is 0 Å². The van der Waals surface area contributed by atoms with Crippen molar-refractivity contribution in [3.63, 3.8) is 0 Å². The molecule has 1 heterocycles. The fraction of sp³-hybridized carbons (Fsp3) is 1.00. The predicted molar refractivity (Wildman–Crippen MR) is 80.1 cm³/mol. The van der Waals surface area contributed by atoms with Gasteiger partial charge in [-0.15, -0.1) is 0 Å². The summed E-state index contributed by atoms with van der Waals surface area (Å²) in [6.45, 7) is 10.3. The molecule has 1 saturated carbocycles. The summed E-state index contributed by atoms with van der Waals surface area (Å²) in [5, 5.41) is 0. The number of hydrogen-bond donors (Lipinski definition) is 1. The van der Waals surface area contributed by atoms with Gasteiger partial charge in [0, 0.05) is 31.8 Å². The zero-order chi connectivity index (χ0) is 14.0. The second kappa shape index (κ2) is 6.11. The predicted octanol–water partition coefficient (Wildman–Crippen LogP) is 2.50. The summed E-state index contributed by atoms with van der Waals surface area (Å²) < 4.78 is 5.47. The Morgan fingerprint density at radius 1 is 1.16 bits per heavy atom. The van der Waals surface area contributed by atoms with Crippen molar-refractivity contribution >= 4 is 0 Å². The largest absolute Gasteiger partial charge is 0.381 e. The highest BCUT2D eigenvalue weighted by molar-refractivity contribution is 4.94. The zero-order valence-electron chi connectivity index (χ0n) is 13.2. The number of hydrogen-bond acceptors (Lipinski definition) is 3. The Balaban J connectivity index is 1.93. The van der Waals surface area contributed by atoms with Crippen LogP contribution in [0.15, 0.2) is 0 Å². The summed E-state index contributed by atoms with van der Waals surface area (Å²) >= 11 is 0. The first-order valence-electron chi connectivity index (χ1n) is 7.96. The molecule has 112 valence electrons. The van der Waals surface area contributed by atoms with Gasteiger partial charge >= 0.3 is 0 Å². The fourth-order valence-corrected chi connectivity index (χ4v) is 3.89. The van der Waals surface area contributed by atoms with E-state index in [-0.39, 0.29) is 0 Å². The van der Waals surface area contributed by atoms with E-state index in [0.717, 1.165) is 25.2 Å². The van der Waals surface area contributed by atoms with Crippen LogP contribution < -0.4 is 5.73 Å². The third kappa shape index (κ3) is 3.32. The number of ether oxygens (including phenoxy) is 1. The average Bonchev–Trinajstić information content (AvgIpc) is 2.41. The van der Waals surface area contributed by atoms with E-state index in [1.54, 1.807) is 0 Å². The van der Waals surface area contributed by atoms with Gasteiger partial charge in [0.05, 0.1) is 0 Å². The van der Waals surface area contributed by atoms with E-state index in [1.807, 2.05) is 0 Å². The summed E-state index contributed by atoms with van der Waals surface area (Å²) in [4.78, 5) is 2.58. The average molecular weight is 268 g/mol. The first-order valence-corrected chi connectivity index (χ1v) is 7.96. The van der Waals surface area contributed by atoms with Crippen LogP contribution in [0.1, 0.15) is 46.5 Å². The normalized spacial score (nSPS) is 36.6. The van der Waals surface area contributed by atoms with Crippen LogP contribution in [0, 0.1) is 17.3 Å². The van der Waals surface area contributed by atoms with Gasteiger partial charge in [-0.1, -0.05) is 20.8 Å². The van der Waals surface area contributed by atoms with Crippen LogP contribution in [0.25, 0.3) is 0 Å². The van der Waals surface area contributed by atoms with E-state index in [2.05, 4.69) is 32.7 Å². The van der Waals surface area contributed by atoms with E-state index < -0.39 is 0 Å². The van der Waals surface area contributed by atoms with Crippen LogP contribution in [0.2, 0.25) is 0 Å². The van der Waals surface area contributed by atoms with Gasteiger partial charge in [-0.25, -0.2) is 0 Å². The Hall–Kier alpha value is -0.120. The SMILES string of the molecule is CC1C(N)CCC(CN(C)C2CCOCC2)C1(C)C. The van der Waals surface area contributed by atoms with E-state index >= 15 is 0 Å². The molecule has 0 aromatic rings. The van der Waals surface area contributed by atoms with Crippen molar-refractivity contribution in [1.29, 1.82) is 0 Å². The highest BCUT2D eigenvalue weighted by atomic mass is 16.5. The van der Waals surface area contributed by atoms with Gasteiger partial charge in [0.25, 0.3) is 0 Å². The first kappa shape index (κ1) is 15.3. The molecule has 0 amide bonds. The van der Waals surface area contributed by atoms with Crippen LogP contribution in [0.4, 0.5) is 0 Å². The summed E-state index contributed by atoms with van der Waals surface area (Å²) in [7, 11) is 2.30. The molecule has 2 aliphatic rings. The molecule has 0 radical (unpaired) electrons. The van der Waals surface area contributed by atoms with Crippen molar-refractivity contribution in [3.05, 3.63) is 0 Å². The van der Waals surface area contributed by atoms with E-state index in [0.29, 0.717) is 17.4 Å². The number of nitrogens with zero attached hydrogens (tertiary/aromatic N) is 1. The third-order valence-electron chi connectivity index (χ3n) is 6.04. The second-order valence-corrected chi connectivity index (χ2v) is 7.33. The summed E-state index contributed by atoms with van der Waals surface area (Å²) in [5.74, 6) is 1.39. The van der Waals surface area contributed by atoms with Crippen molar-refractivity contribution in [2.24, 2.45) is 23.0 Å². The Labute approximate surface area is 118 Å². The van der Waals surface area contributed by atoms with Gasteiger partial charge < -0.3 is 15.4 Å². The Morgan fingerprint density at radius 2 is 1.79 bits per heavy atom. The summed E-state index contributed by atoms with van der Waals surface area (Å²) in [6.07, 6.45) is 4.86. The van der Waals surface area contributed by atoms with Gasteiger partial charge in [-0.05, 0) is 50.0 Å². The molecule has 2 rings (SSSR count). The maximum atomic E-state index is 6.26. The fourth-order valence-electron chi connectivity index (χ4n) is 3.89. The second-order valence-electron chi connectivity index (χ2n) is 7.33. The minimum atomic E-state index is 0.358. The maximum Gasteiger partial charge on any atom is 0.0480 e. The lowest BCUT2D eigenvalue weighted by Crippen LogP contribution is -2.51. The molecule has 1 aliphatic heterocycles. The van der Waals surface area contributed by atoms with E-state index in [4.69, 9.17) is 10.5 Å². The minimum Gasteiger partial charge on any atom is -0.381 e. The maximum absolute atomic E-state index is 6.26. The smallest absolute Gasteiger partial charge is 0.0480 e. The third-order valence-corrected chi connectivity index (χ3v) is 6.04. The molecular formula is C16H32N2O. The van der Waals surface area contributed by atoms with Crippen LogP contribution in [0.3, 0.4) is 0 Å². The molecule has 2 fully saturated rings. The Bertz CT molecular complexity index is 286. The molecule has 0 spiro atoms. The molecular weight excluding hydrogens is 236 g/mol. The van der Waals surface area contributed by atoms with Gasteiger partial charge in [-0.2, -0.15) is 0 Å². The van der Waals surface area contributed by atoms with Gasteiger partial charge in [0.1, 0.15) is 0 Å². The van der Waals surface area contributed by atoms with E-state index in [9.17, 15) is 0 Å². The Morgan fingerprint density at radius 3 is 2.42 bits per heavy atom. The number of rotatable bonds is 3. The standard InChI is InChI=1S/C16H32N2O/c1-12-15(17)6-5-13(16(12,2)3)11-18(4)14-7-9-19-10-8-14/h12-15H,5-11,17H2,1-4H3. The van der Waals surface area contributed by atoms with Crippen LogP contribution in [-0.2, 0) is 4.74 Å². The lowest BCUT2D eigenvalue weighted by atomic mass is 9.61. The van der Waals surface area contributed by atoms with Crippen LogP contribution in [-0.4, -0.2) is 43.8 Å². The summed E-state index contributed by atoms with van der Waals surface area (Å²) in [5.41, 5.74) is 6.62. The summed E-state index contributed by atoms with van der Waals surface area (Å²) in [6, 6.07) is 1.11. The molecule has 2 N–H and O–H groups in total. The molecule has 3 atom stereocenters. The lowest BCUT2D eigenvalue weighted by Gasteiger charge is -2.49. The molecule has 1 saturated heterocycles. The number of nitrogens with two attached hydrogens (primary N) is 1. The monoisotopic (exact) mass is 268 g/mol. The molecule has 3 nitrogen and oxygen atoms in total. The molecule has 0 bridgehead atoms. The molecule has 0 aromatic carbocycles. The van der Waals surface area contributed by atoms with Crippen molar-refractivity contribution in [3.8, 4) is 0 Å². The van der Waals surface area contributed by atoms with Gasteiger partial charge in [0.15, 0.2) is 0 Å². The van der Waals surface area contributed by atoms with Crippen molar-refractivity contribution in [1.82, 2.24) is 4.90 Å². The van der Waals surface area contributed by atoms with Crippen LogP contribution >= 0.6 is 0 Å². The topological polar surface area (TPSA) is 38.5 Å². The molecule has 3 unspecified atom stereocenters. The minimum absolute atomic E-state index is 0.358. The van der Waals surface area contributed by atoms with Gasteiger partial charge in [-0.3, -0.25) is 0 Å². The molecule has 0 aromatic heterocycles. The van der Waals surface area contributed by atoms with Crippen molar-refractivity contribution < 1.29 is 4.74 Å². The highest BCUT2D eigenvalue weighted by Gasteiger charge is 2.42. The van der Waals surface area contributed by atoms with Crippen LogP contribution in [0.5, 0.6) is 0 Å². The van der Waals surface area contributed by atoms with Crippen molar-refractivity contribution in [2.45, 2.75) is 58.5 Å². The first-order chi connectivity index (χ1) is 8.93.